The summed E-state index contributed by atoms with van der Waals surface area (Å²) in [5.74, 6) is 4.34. The maximum atomic E-state index is 3.77. The highest BCUT2D eigenvalue weighted by molar-refractivity contribution is 7.99. The average Bonchev–Trinajstić information content (AvgIpc) is 3.36. The summed E-state index contributed by atoms with van der Waals surface area (Å²) in [6.45, 7) is 0. The minimum atomic E-state index is 0.459. The molecule has 2 aromatic rings. The molecule has 1 nitrogen and oxygen atoms in total. The van der Waals surface area contributed by atoms with Crippen molar-refractivity contribution in [2.24, 2.45) is 0 Å². The zero-order valence-electron chi connectivity index (χ0n) is 18.3. The summed E-state index contributed by atoms with van der Waals surface area (Å²) in [6.07, 6.45) is 14.0. The second-order valence-corrected chi connectivity index (χ2v) is 10.8. The molecule has 0 spiro atoms. The van der Waals surface area contributed by atoms with E-state index in [1.165, 1.54) is 81.1 Å². The van der Waals surface area contributed by atoms with Gasteiger partial charge in [-0.15, -0.1) is 11.8 Å². The zero-order valence-corrected chi connectivity index (χ0v) is 19.1. The Bertz CT molecular complexity index is 717. The molecule has 2 saturated carbocycles. The van der Waals surface area contributed by atoms with Gasteiger partial charge < -0.3 is 5.32 Å². The molecule has 0 radical (unpaired) electrons. The Kier molecular flexibility index (Phi) is 6.82. The van der Waals surface area contributed by atoms with Gasteiger partial charge in [0, 0.05) is 23.6 Å². The van der Waals surface area contributed by atoms with Crippen LogP contribution in [0.2, 0.25) is 0 Å². The predicted molar refractivity (Wildman–Crippen MR) is 131 cm³/mol. The normalized spacial score (nSPS) is 23.8. The standard InChI is InChI=1S/C28H37NS/c1-3-7-21(8-4-1)23-11-15-25(16-12-23)28(27-19-30-20-29-27)26-17-13-24(14-18-26)22-9-5-2-6-10-22/h11-18,21-22,27-29H,1-10,19-20H2/t27-/m0/s1. The van der Waals surface area contributed by atoms with Crippen molar-refractivity contribution >= 4 is 11.8 Å². The van der Waals surface area contributed by atoms with Crippen LogP contribution in [0.25, 0.3) is 0 Å². The molecule has 1 atom stereocenters. The van der Waals surface area contributed by atoms with E-state index in [1.54, 1.807) is 11.1 Å². The summed E-state index contributed by atoms with van der Waals surface area (Å²) in [6, 6.07) is 20.1. The molecule has 2 heteroatoms. The van der Waals surface area contributed by atoms with Gasteiger partial charge in [0.15, 0.2) is 0 Å². The fourth-order valence-electron chi connectivity index (χ4n) is 6.10. The maximum absolute atomic E-state index is 3.77. The van der Waals surface area contributed by atoms with Crippen LogP contribution in [0, 0.1) is 0 Å². The van der Waals surface area contributed by atoms with E-state index in [2.05, 4.69) is 53.8 Å². The van der Waals surface area contributed by atoms with Gasteiger partial charge in [0.2, 0.25) is 0 Å². The van der Waals surface area contributed by atoms with Gasteiger partial charge in [-0.2, -0.15) is 0 Å². The lowest BCUT2D eigenvalue weighted by Gasteiger charge is -2.27. The first kappa shape index (κ1) is 20.6. The van der Waals surface area contributed by atoms with Gasteiger partial charge in [0.25, 0.3) is 0 Å². The second-order valence-electron chi connectivity index (χ2n) is 9.81. The fraction of sp³-hybridized carbons (Fsp3) is 0.571. The molecule has 0 aromatic heterocycles. The monoisotopic (exact) mass is 419 g/mol. The average molecular weight is 420 g/mol. The molecule has 3 aliphatic rings. The van der Waals surface area contributed by atoms with Crippen LogP contribution in [0.1, 0.15) is 104 Å². The first-order valence-corrected chi connectivity index (χ1v) is 13.5. The van der Waals surface area contributed by atoms with Crippen LogP contribution in [0.15, 0.2) is 48.5 Å². The smallest absolute Gasteiger partial charge is 0.0421 e. The SMILES string of the molecule is c1cc(C(c2ccc(C3CCCCC3)cc2)[C@@H]2CSCN2)ccc1C1CCCCC1. The Balaban J connectivity index is 1.38. The van der Waals surface area contributed by atoms with E-state index in [0.29, 0.717) is 12.0 Å². The van der Waals surface area contributed by atoms with Gasteiger partial charge >= 0.3 is 0 Å². The Labute approximate surface area is 187 Å². The molecule has 1 N–H and O–H groups in total. The number of hydrogen-bond donors (Lipinski definition) is 1. The number of rotatable bonds is 5. The lowest BCUT2D eigenvalue weighted by molar-refractivity contribution is 0.443. The van der Waals surface area contributed by atoms with E-state index in [4.69, 9.17) is 0 Å². The minimum absolute atomic E-state index is 0.459. The van der Waals surface area contributed by atoms with E-state index >= 15 is 0 Å². The third kappa shape index (κ3) is 4.65. The lowest BCUT2D eigenvalue weighted by atomic mass is 9.80. The van der Waals surface area contributed by atoms with Gasteiger partial charge in [-0.1, -0.05) is 87.1 Å². The largest absolute Gasteiger partial charge is 0.303 e. The summed E-state index contributed by atoms with van der Waals surface area (Å²) in [5.41, 5.74) is 6.11. The van der Waals surface area contributed by atoms with Crippen molar-refractivity contribution in [1.29, 1.82) is 0 Å². The predicted octanol–water partition coefficient (Wildman–Crippen LogP) is 7.58. The molecule has 160 valence electrons. The molecular formula is C28H37NS. The van der Waals surface area contributed by atoms with Crippen molar-refractivity contribution in [2.75, 3.05) is 11.6 Å². The Hall–Kier alpha value is -1.25. The van der Waals surface area contributed by atoms with Crippen LogP contribution in [0.4, 0.5) is 0 Å². The number of hydrogen-bond acceptors (Lipinski definition) is 2. The first-order chi connectivity index (χ1) is 14.9. The van der Waals surface area contributed by atoms with Crippen molar-refractivity contribution in [2.45, 2.75) is 88.0 Å². The molecular weight excluding hydrogens is 382 g/mol. The first-order valence-electron chi connectivity index (χ1n) is 12.4. The van der Waals surface area contributed by atoms with E-state index in [9.17, 15) is 0 Å². The van der Waals surface area contributed by atoms with Crippen molar-refractivity contribution in [3.63, 3.8) is 0 Å². The highest BCUT2D eigenvalue weighted by atomic mass is 32.2. The quantitative estimate of drug-likeness (QED) is 0.536. The molecule has 2 aliphatic carbocycles. The molecule has 1 heterocycles. The van der Waals surface area contributed by atoms with Gasteiger partial charge in [0.1, 0.15) is 0 Å². The molecule has 2 aromatic carbocycles. The van der Waals surface area contributed by atoms with Crippen molar-refractivity contribution in [1.82, 2.24) is 5.32 Å². The molecule has 0 bridgehead atoms. The Morgan fingerprint density at radius 2 is 1.10 bits per heavy atom. The summed E-state index contributed by atoms with van der Waals surface area (Å²) >= 11 is 2.04. The summed E-state index contributed by atoms with van der Waals surface area (Å²) in [7, 11) is 0. The van der Waals surface area contributed by atoms with Crippen LogP contribution in [-0.4, -0.2) is 17.7 Å². The topological polar surface area (TPSA) is 12.0 Å². The number of nitrogens with one attached hydrogen (secondary N) is 1. The number of thioether (sulfide) groups is 1. The summed E-state index contributed by atoms with van der Waals surface area (Å²) in [5, 5.41) is 3.77. The molecule has 0 unspecified atom stereocenters. The third-order valence-electron chi connectivity index (χ3n) is 7.89. The minimum Gasteiger partial charge on any atom is -0.303 e. The molecule has 0 amide bonds. The van der Waals surface area contributed by atoms with Crippen LogP contribution in [-0.2, 0) is 0 Å². The second kappa shape index (κ2) is 9.92. The summed E-state index contributed by atoms with van der Waals surface area (Å²) < 4.78 is 0. The van der Waals surface area contributed by atoms with Gasteiger partial charge in [0.05, 0.1) is 0 Å². The van der Waals surface area contributed by atoms with E-state index in [-0.39, 0.29) is 0 Å². The third-order valence-corrected chi connectivity index (χ3v) is 8.86. The molecule has 3 fully saturated rings. The summed E-state index contributed by atoms with van der Waals surface area (Å²) in [4.78, 5) is 0. The molecule has 5 rings (SSSR count). The fourth-order valence-corrected chi connectivity index (χ4v) is 7.12. The van der Waals surface area contributed by atoms with E-state index in [0.717, 1.165) is 17.7 Å². The van der Waals surface area contributed by atoms with Crippen LogP contribution < -0.4 is 5.32 Å². The highest BCUT2D eigenvalue weighted by Gasteiger charge is 2.28. The molecule has 1 saturated heterocycles. The maximum Gasteiger partial charge on any atom is 0.0421 e. The lowest BCUT2D eigenvalue weighted by Crippen LogP contribution is -2.31. The van der Waals surface area contributed by atoms with E-state index < -0.39 is 0 Å². The zero-order chi connectivity index (χ0) is 20.2. The Morgan fingerprint density at radius 1 is 0.633 bits per heavy atom. The van der Waals surface area contributed by atoms with Crippen molar-refractivity contribution in [3.8, 4) is 0 Å². The van der Waals surface area contributed by atoms with E-state index in [1.807, 2.05) is 11.8 Å². The van der Waals surface area contributed by atoms with Gasteiger partial charge in [-0.25, -0.2) is 0 Å². The van der Waals surface area contributed by atoms with Gasteiger partial charge in [-0.3, -0.25) is 0 Å². The Morgan fingerprint density at radius 3 is 1.50 bits per heavy atom. The molecule has 1 aliphatic heterocycles. The number of benzene rings is 2. The van der Waals surface area contributed by atoms with Crippen molar-refractivity contribution < 1.29 is 0 Å². The van der Waals surface area contributed by atoms with Crippen LogP contribution >= 0.6 is 11.8 Å². The van der Waals surface area contributed by atoms with Gasteiger partial charge in [-0.05, 0) is 59.8 Å². The van der Waals surface area contributed by atoms with Crippen molar-refractivity contribution in [3.05, 3.63) is 70.8 Å². The molecule has 30 heavy (non-hydrogen) atoms. The highest BCUT2D eigenvalue weighted by Crippen LogP contribution is 2.38. The van der Waals surface area contributed by atoms with Crippen LogP contribution in [0.3, 0.4) is 0 Å². The van der Waals surface area contributed by atoms with Crippen LogP contribution in [0.5, 0.6) is 0 Å².